The van der Waals surface area contributed by atoms with Crippen molar-refractivity contribution in [3.8, 4) is 5.75 Å². The fourth-order valence-electron chi connectivity index (χ4n) is 3.13. The molecule has 0 fully saturated rings. The number of ether oxygens (including phenoxy) is 1. The zero-order chi connectivity index (χ0) is 22.1. The lowest BCUT2D eigenvalue weighted by Crippen LogP contribution is -2.49. The standard InChI is InChI=1S/C24H31ClN2O3/c1-5-6-12-26-24(29)19(4)27(15-20-8-7-9-21(25)14-20)23(28)16-30-22-11-10-17(2)13-18(22)3/h7-11,13-14,19H,5-6,12,15-16H2,1-4H3,(H,26,29)/t19-/m1/s1. The van der Waals surface area contributed by atoms with Gasteiger partial charge >= 0.3 is 0 Å². The van der Waals surface area contributed by atoms with Gasteiger partial charge in [-0.15, -0.1) is 0 Å². The van der Waals surface area contributed by atoms with Crippen molar-refractivity contribution in [3.63, 3.8) is 0 Å². The number of aryl methyl sites for hydroxylation is 2. The summed E-state index contributed by atoms with van der Waals surface area (Å²) >= 11 is 6.10. The molecule has 0 saturated heterocycles. The topological polar surface area (TPSA) is 58.6 Å². The number of carbonyl (C=O) groups is 2. The number of rotatable bonds is 10. The highest BCUT2D eigenvalue weighted by molar-refractivity contribution is 6.30. The van der Waals surface area contributed by atoms with Crippen LogP contribution in [0.5, 0.6) is 5.75 Å². The molecule has 0 aliphatic rings. The molecule has 162 valence electrons. The van der Waals surface area contributed by atoms with Gasteiger partial charge in [0.1, 0.15) is 11.8 Å². The summed E-state index contributed by atoms with van der Waals surface area (Å²) in [6.45, 7) is 8.48. The molecular weight excluding hydrogens is 400 g/mol. The van der Waals surface area contributed by atoms with E-state index in [0.29, 0.717) is 17.3 Å². The predicted octanol–water partition coefficient (Wildman–Crippen LogP) is 4.67. The van der Waals surface area contributed by atoms with Crippen LogP contribution in [0.25, 0.3) is 0 Å². The molecule has 1 atom stereocenters. The minimum absolute atomic E-state index is 0.142. The molecule has 2 aromatic rings. The highest BCUT2D eigenvalue weighted by atomic mass is 35.5. The summed E-state index contributed by atoms with van der Waals surface area (Å²) in [5, 5.41) is 3.49. The third-order valence-corrected chi connectivity index (χ3v) is 5.16. The van der Waals surface area contributed by atoms with Crippen LogP contribution < -0.4 is 10.1 Å². The number of benzene rings is 2. The van der Waals surface area contributed by atoms with E-state index in [1.807, 2.05) is 44.2 Å². The molecule has 0 aliphatic carbocycles. The van der Waals surface area contributed by atoms with Crippen LogP contribution in [-0.4, -0.2) is 35.9 Å². The van der Waals surface area contributed by atoms with Gasteiger partial charge in [0.2, 0.25) is 5.91 Å². The van der Waals surface area contributed by atoms with Gasteiger partial charge in [-0.3, -0.25) is 9.59 Å². The third-order valence-electron chi connectivity index (χ3n) is 4.92. The van der Waals surface area contributed by atoms with Crippen LogP contribution in [0, 0.1) is 13.8 Å². The van der Waals surface area contributed by atoms with E-state index in [1.165, 1.54) is 4.90 Å². The summed E-state index contributed by atoms with van der Waals surface area (Å²) in [5.41, 5.74) is 2.95. The van der Waals surface area contributed by atoms with E-state index < -0.39 is 6.04 Å². The van der Waals surface area contributed by atoms with Gasteiger partial charge in [0, 0.05) is 18.1 Å². The number of halogens is 1. The quantitative estimate of drug-likeness (QED) is 0.557. The van der Waals surface area contributed by atoms with E-state index in [-0.39, 0.29) is 25.0 Å². The van der Waals surface area contributed by atoms with Crippen molar-refractivity contribution in [2.75, 3.05) is 13.2 Å². The minimum atomic E-state index is -0.629. The van der Waals surface area contributed by atoms with Crippen molar-refractivity contribution in [3.05, 3.63) is 64.2 Å². The smallest absolute Gasteiger partial charge is 0.261 e. The molecule has 6 heteroatoms. The lowest BCUT2D eigenvalue weighted by Gasteiger charge is -2.29. The predicted molar refractivity (Wildman–Crippen MR) is 121 cm³/mol. The van der Waals surface area contributed by atoms with Crippen molar-refractivity contribution in [1.29, 1.82) is 0 Å². The average molecular weight is 431 g/mol. The first-order valence-corrected chi connectivity index (χ1v) is 10.7. The maximum atomic E-state index is 13.0. The Kier molecular flexibility index (Phi) is 9.18. The van der Waals surface area contributed by atoms with E-state index in [0.717, 1.165) is 29.5 Å². The number of hydrogen-bond donors (Lipinski definition) is 1. The largest absolute Gasteiger partial charge is 0.483 e. The molecule has 0 aliphatic heterocycles. The number of nitrogens with one attached hydrogen (secondary N) is 1. The van der Waals surface area contributed by atoms with Crippen LogP contribution in [0.2, 0.25) is 5.02 Å². The van der Waals surface area contributed by atoms with E-state index in [2.05, 4.69) is 12.2 Å². The Hall–Kier alpha value is -2.53. The normalized spacial score (nSPS) is 11.6. The first-order valence-electron chi connectivity index (χ1n) is 10.3. The van der Waals surface area contributed by atoms with Gasteiger partial charge in [-0.1, -0.05) is 54.8 Å². The average Bonchev–Trinajstić information content (AvgIpc) is 2.71. The molecular formula is C24H31ClN2O3. The maximum Gasteiger partial charge on any atom is 0.261 e. The highest BCUT2D eigenvalue weighted by Gasteiger charge is 2.26. The summed E-state index contributed by atoms with van der Waals surface area (Å²) in [6.07, 6.45) is 1.89. The Morgan fingerprint density at radius 3 is 2.60 bits per heavy atom. The van der Waals surface area contributed by atoms with Crippen LogP contribution in [0.15, 0.2) is 42.5 Å². The number of nitrogens with zero attached hydrogens (tertiary/aromatic N) is 1. The third kappa shape index (κ3) is 7.06. The van der Waals surface area contributed by atoms with E-state index in [4.69, 9.17) is 16.3 Å². The Labute approximate surface area is 184 Å². The Bertz CT molecular complexity index is 869. The van der Waals surface area contributed by atoms with E-state index >= 15 is 0 Å². The zero-order valence-electron chi connectivity index (χ0n) is 18.2. The summed E-state index contributed by atoms with van der Waals surface area (Å²) in [7, 11) is 0. The van der Waals surface area contributed by atoms with Crippen LogP contribution in [-0.2, 0) is 16.1 Å². The van der Waals surface area contributed by atoms with Crippen molar-refractivity contribution >= 4 is 23.4 Å². The molecule has 2 amide bonds. The van der Waals surface area contributed by atoms with Crippen LogP contribution in [0.1, 0.15) is 43.4 Å². The molecule has 5 nitrogen and oxygen atoms in total. The Morgan fingerprint density at radius 2 is 1.93 bits per heavy atom. The second-order valence-corrected chi connectivity index (χ2v) is 7.97. The molecule has 0 bridgehead atoms. The van der Waals surface area contributed by atoms with Gasteiger partial charge in [-0.25, -0.2) is 0 Å². The first-order chi connectivity index (χ1) is 14.3. The summed E-state index contributed by atoms with van der Waals surface area (Å²) < 4.78 is 5.78. The molecule has 2 aromatic carbocycles. The van der Waals surface area contributed by atoms with E-state index in [1.54, 1.807) is 19.1 Å². The van der Waals surface area contributed by atoms with Gasteiger partial charge in [0.05, 0.1) is 0 Å². The number of carbonyl (C=O) groups excluding carboxylic acids is 2. The lowest BCUT2D eigenvalue weighted by atomic mass is 10.1. The SMILES string of the molecule is CCCCNC(=O)[C@@H](C)N(Cc1cccc(Cl)c1)C(=O)COc1ccc(C)cc1C. The number of hydrogen-bond acceptors (Lipinski definition) is 3. The summed E-state index contributed by atoms with van der Waals surface area (Å²) in [4.78, 5) is 27.2. The second-order valence-electron chi connectivity index (χ2n) is 7.53. The van der Waals surface area contributed by atoms with Crippen LogP contribution >= 0.6 is 11.6 Å². The van der Waals surface area contributed by atoms with Gasteiger partial charge in [0.25, 0.3) is 5.91 Å². The molecule has 2 rings (SSSR count). The van der Waals surface area contributed by atoms with Crippen LogP contribution in [0.4, 0.5) is 0 Å². The van der Waals surface area contributed by atoms with Gasteiger partial charge in [-0.05, 0) is 56.5 Å². The monoisotopic (exact) mass is 430 g/mol. The first kappa shape index (κ1) is 23.7. The lowest BCUT2D eigenvalue weighted by molar-refractivity contribution is -0.142. The maximum absolute atomic E-state index is 13.0. The fraction of sp³-hybridized carbons (Fsp3) is 0.417. The molecule has 0 heterocycles. The van der Waals surface area contributed by atoms with Gasteiger partial charge in [-0.2, -0.15) is 0 Å². The molecule has 0 unspecified atom stereocenters. The summed E-state index contributed by atoms with van der Waals surface area (Å²) in [5.74, 6) is 0.232. The second kappa shape index (κ2) is 11.6. The number of amides is 2. The number of unbranched alkanes of at least 4 members (excludes halogenated alkanes) is 1. The minimum Gasteiger partial charge on any atom is -0.483 e. The van der Waals surface area contributed by atoms with Gasteiger partial charge < -0.3 is 15.0 Å². The van der Waals surface area contributed by atoms with Crippen molar-refractivity contribution in [2.24, 2.45) is 0 Å². The van der Waals surface area contributed by atoms with Crippen molar-refractivity contribution < 1.29 is 14.3 Å². The Balaban J connectivity index is 2.13. The Morgan fingerprint density at radius 1 is 1.17 bits per heavy atom. The molecule has 0 spiro atoms. The fourth-order valence-corrected chi connectivity index (χ4v) is 3.35. The van der Waals surface area contributed by atoms with Crippen molar-refractivity contribution in [2.45, 2.75) is 53.1 Å². The molecule has 1 N–H and O–H groups in total. The molecule has 0 radical (unpaired) electrons. The van der Waals surface area contributed by atoms with Crippen LogP contribution in [0.3, 0.4) is 0 Å². The summed E-state index contributed by atoms with van der Waals surface area (Å²) in [6, 6.07) is 12.5. The van der Waals surface area contributed by atoms with Crippen molar-refractivity contribution in [1.82, 2.24) is 10.2 Å². The zero-order valence-corrected chi connectivity index (χ0v) is 19.0. The molecule has 30 heavy (non-hydrogen) atoms. The molecule has 0 saturated carbocycles. The van der Waals surface area contributed by atoms with E-state index in [9.17, 15) is 9.59 Å². The van der Waals surface area contributed by atoms with Gasteiger partial charge in [0.15, 0.2) is 6.61 Å². The molecule has 0 aromatic heterocycles. The highest BCUT2D eigenvalue weighted by Crippen LogP contribution is 2.20.